The van der Waals surface area contributed by atoms with Gasteiger partial charge in [0.2, 0.25) is 0 Å². The molecule has 0 aliphatic heterocycles. The predicted octanol–water partition coefficient (Wildman–Crippen LogP) is 20.1. The quantitative estimate of drug-likeness (QED) is 0.0726. The summed E-state index contributed by atoms with van der Waals surface area (Å²) in [5, 5.41) is 9.71. The van der Waals surface area contributed by atoms with Gasteiger partial charge >= 0.3 is 0 Å². The van der Waals surface area contributed by atoms with E-state index in [1.54, 1.807) is 0 Å². The summed E-state index contributed by atoms with van der Waals surface area (Å²) in [5.41, 5.74) is 17.0. The molecule has 1 aromatic heterocycles. The molecule has 0 bridgehead atoms. The van der Waals surface area contributed by atoms with E-state index in [1.165, 1.54) is 138 Å². The minimum atomic E-state index is -0.176. The number of unbranched alkanes of at least 4 members (excludes halogenated alkanes) is 1. The van der Waals surface area contributed by atoms with Crippen LogP contribution in [0.5, 0.6) is 0 Å². The summed E-state index contributed by atoms with van der Waals surface area (Å²) in [7, 11) is 0. The summed E-state index contributed by atoms with van der Waals surface area (Å²) >= 11 is 0. The van der Waals surface area contributed by atoms with Crippen molar-refractivity contribution < 1.29 is 4.42 Å². The van der Waals surface area contributed by atoms with Gasteiger partial charge in [-0.15, -0.1) is 0 Å². The van der Waals surface area contributed by atoms with Crippen LogP contribution in [0.3, 0.4) is 0 Å². The predicted molar refractivity (Wildman–Crippen MR) is 323 cm³/mol. The second kappa shape index (κ2) is 23.0. The van der Waals surface area contributed by atoms with Gasteiger partial charge < -0.3 is 15.1 Å². The maximum absolute atomic E-state index is 7.47. The van der Waals surface area contributed by atoms with Gasteiger partial charge in [0.15, 0.2) is 0 Å². The third-order valence-electron chi connectivity index (χ3n) is 17.6. The number of hydrogen-bond donors (Lipinski definition) is 2. The Kier molecular flexibility index (Phi) is 17.8. The van der Waals surface area contributed by atoms with Crippen LogP contribution >= 0.6 is 0 Å². The highest BCUT2D eigenvalue weighted by atomic mass is 16.3. The van der Waals surface area contributed by atoms with Gasteiger partial charge in [-0.3, -0.25) is 0 Å². The van der Waals surface area contributed by atoms with Crippen molar-refractivity contribution in [3.05, 3.63) is 124 Å². The number of benzene rings is 3. The molecule has 396 valence electrons. The smallest absolute Gasteiger partial charge is 0.291 e. The monoisotopic (exact) mass is 985 g/mol. The number of furan rings is 1. The zero-order valence-electron chi connectivity index (χ0n) is 49.5. The average Bonchev–Trinajstić information content (AvgIpc) is 3.75. The summed E-state index contributed by atoms with van der Waals surface area (Å²) in [6.45, 7) is 40.4. The van der Waals surface area contributed by atoms with E-state index in [-0.39, 0.29) is 33.8 Å². The van der Waals surface area contributed by atoms with Crippen molar-refractivity contribution in [2.75, 3.05) is 10.6 Å². The first-order valence-corrected chi connectivity index (χ1v) is 29.4. The normalized spacial score (nSPS) is 19.3. The van der Waals surface area contributed by atoms with Crippen LogP contribution in [0, 0.1) is 28.1 Å². The maximum Gasteiger partial charge on any atom is 0.291 e. The first kappa shape index (κ1) is 56.5. The fourth-order valence-corrected chi connectivity index (χ4v) is 12.1. The van der Waals surface area contributed by atoms with E-state index < -0.39 is 0 Å². The topological polar surface area (TPSA) is 37.2 Å². The lowest BCUT2D eigenvalue weighted by Gasteiger charge is -2.41. The first-order chi connectivity index (χ1) is 34.2. The van der Waals surface area contributed by atoms with E-state index in [0.29, 0.717) is 23.7 Å². The Bertz CT molecular complexity index is 2570. The Morgan fingerprint density at radius 1 is 0.781 bits per heavy atom. The second-order valence-corrected chi connectivity index (χ2v) is 28.4. The molecule has 7 rings (SSSR count). The van der Waals surface area contributed by atoms with Crippen LogP contribution in [0.15, 0.2) is 106 Å². The van der Waals surface area contributed by atoms with E-state index in [0.717, 1.165) is 36.2 Å². The Hall–Kier alpha value is -4.18. The van der Waals surface area contributed by atoms with Gasteiger partial charge in [-0.1, -0.05) is 197 Å². The molecule has 4 heteroatoms. The van der Waals surface area contributed by atoms with Gasteiger partial charge in [0.1, 0.15) is 5.58 Å². The van der Waals surface area contributed by atoms with Gasteiger partial charge in [0.05, 0.1) is 5.66 Å². The molecule has 3 aliphatic rings. The minimum absolute atomic E-state index is 0.0820. The molecule has 2 unspecified atom stereocenters. The average molecular weight is 985 g/mol. The maximum atomic E-state index is 7.47. The van der Waals surface area contributed by atoms with E-state index in [4.69, 9.17) is 4.42 Å². The highest BCUT2D eigenvalue weighted by molar-refractivity contribution is 6.92. The zero-order chi connectivity index (χ0) is 53.1. The lowest BCUT2D eigenvalue weighted by molar-refractivity contribution is 0.231. The van der Waals surface area contributed by atoms with Crippen molar-refractivity contribution in [1.29, 1.82) is 0 Å². The molecular weight excluding hydrogens is 884 g/mol. The van der Waals surface area contributed by atoms with Crippen LogP contribution in [0.25, 0.3) is 11.0 Å². The van der Waals surface area contributed by atoms with Crippen LogP contribution < -0.4 is 21.8 Å². The van der Waals surface area contributed by atoms with Crippen molar-refractivity contribution >= 4 is 45.9 Å². The zero-order valence-corrected chi connectivity index (χ0v) is 49.5. The molecule has 4 aromatic rings. The van der Waals surface area contributed by atoms with Crippen LogP contribution in [-0.4, -0.2) is 6.71 Å². The minimum Gasteiger partial charge on any atom is -0.470 e. The first-order valence-electron chi connectivity index (χ1n) is 29.4. The molecule has 2 atom stereocenters. The Labute approximate surface area is 447 Å². The molecule has 3 aliphatic carbocycles. The van der Waals surface area contributed by atoms with Crippen LogP contribution in [0.2, 0.25) is 0 Å². The van der Waals surface area contributed by atoms with Gasteiger partial charge in [0.25, 0.3) is 6.71 Å². The molecule has 2 N–H and O–H groups in total. The molecule has 3 aromatic carbocycles. The lowest BCUT2D eigenvalue weighted by atomic mass is 9.37. The molecule has 0 spiro atoms. The van der Waals surface area contributed by atoms with Crippen LogP contribution in [0.1, 0.15) is 248 Å². The molecule has 0 saturated heterocycles. The van der Waals surface area contributed by atoms with Gasteiger partial charge in [0, 0.05) is 28.1 Å². The highest BCUT2D eigenvalue weighted by Crippen LogP contribution is 2.48. The highest BCUT2D eigenvalue weighted by Gasteiger charge is 2.40. The fourth-order valence-electron chi connectivity index (χ4n) is 12.1. The van der Waals surface area contributed by atoms with Crippen molar-refractivity contribution in [2.24, 2.45) is 28.1 Å². The van der Waals surface area contributed by atoms with Gasteiger partial charge in [-0.05, 0) is 191 Å². The SMILES string of the molecule is CCCCC(C)(C)C1C=CC(B(c2cc3cc4c(cc3o2)C(C)(C)CCC4(C)C)c2c(NC(=C/CC(C)(C)C)/C(C)=C\CC(C)(C)C)cc(C3CCCCC3)cc2Nc2ccc(C(C)CCC(C)C)cc2)=CC1. The second-order valence-electron chi connectivity index (χ2n) is 28.4. The molecule has 1 saturated carbocycles. The van der Waals surface area contributed by atoms with Crippen LogP contribution in [-0.2, 0) is 10.8 Å². The molecule has 73 heavy (non-hydrogen) atoms. The lowest BCUT2D eigenvalue weighted by Crippen LogP contribution is -2.46. The number of allylic oxidation sites excluding steroid dienone is 7. The summed E-state index contributed by atoms with van der Waals surface area (Å²) in [6, 6.07) is 21.9. The van der Waals surface area contributed by atoms with E-state index in [9.17, 15) is 0 Å². The molecule has 1 fully saturated rings. The van der Waals surface area contributed by atoms with Crippen molar-refractivity contribution in [3.8, 4) is 0 Å². The molecule has 3 nitrogen and oxygen atoms in total. The van der Waals surface area contributed by atoms with Gasteiger partial charge in [-0.25, -0.2) is 0 Å². The van der Waals surface area contributed by atoms with Crippen LogP contribution in [0.4, 0.5) is 17.1 Å². The third-order valence-corrected chi connectivity index (χ3v) is 17.6. The summed E-state index contributed by atoms with van der Waals surface area (Å²) < 4.78 is 7.47. The third kappa shape index (κ3) is 14.4. The number of rotatable bonds is 19. The van der Waals surface area contributed by atoms with E-state index in [2.05, 4.69) is 213 Å². The number of nitrogens with one attached hydrogen (secondary N) is 2. The fraction of sp³-hybridized carbons (Fsp3) is 0.594. The molecular formula is C69H101BN2O. The number of anilines is 3. The molecule has 0 radical (unpaired) electrons. The molecule has 1 heterocycles. The van der Waals surface area contributed by atoms with Crippen molar-refractivity contribution in [1.82, 2.24) is 0 Å². The summed E-state index contributed by atoms with van der Waals surface area (Å²) in [4.78, 5) is 0. The number of hydrogen-bond acceptors (Lipinski definition) is 3. The van der Waals surface area contributed by atoms with Gasteiger partial charge in [-0.2, -0.15) is 0 Å². The number of fused-ring (bicyclic) bond motifs is 2. The van der Waals surface area contributed by atoms with Crippen molar-refractivity contribution in [3.63, 3.8) is 0 Å². The van der Waals surface area contributed by atoms with E-state index >= 15 is 0 Å². The van der Waals surface area contributed by atoms with E-state index in [1.807, 2.05) is 0 Å². The Morgan fingerprint density at radius 3 is 2.01 bits per heavy atom. The Morgan fingerprint density at radius 2 is 1.41 bits per heavy atom. The molecule has 0 amide bonds. The largest absolute Gasteiger partial charge is 0.470 e. The standard InChI is InChI=1S/C69H101BN2O/c1-18-19-37-67(12,13)54-29-31-55(32-30-54)70(63-45-53-42-57-58(46-62(53)73-63)69(16,17)41-40-68(57,14)15)64-60(71-56-33-27-50(28-34-56)48(4)26-25-47(2)3)43-52(51-23-21-20-22-24-51)44-61(64)72-59(36-39-66(9,10)11)49(5)35-38-65(6,7)8/h27-29,31-36,42-48,51,54,71-72H,18-26,30,37-41H2,1-17H3/b49-35-,59-36+. The Balaban J connectivity index is 1.51. The summed E-state index contributed by atoms with van der Waals surface area (Å²) in [6.07, 6.45) is 30.5. The summed E-state index contributed by atoms with van der Waals surface area (Å²) in [5.74, 6) is 2.21. The van der Waals surface area contributed by atoms with Crippen molar-refractivity contribution in [2.45, 2.75) is 237 Å².